The van der Waals surface area contributed by atoms with Gasteiger partial charge in [-0.3, -0.25) is 4.98 Å². The van der Waals surface area contributed by atoms with Crippen molar-refractivity contribution in [2.75, 3.05) is 7.05 Å². The third kappa shape index (κ3) is 2.44. The van der Waals surface area contributed by atoms with Crippen LogP contribution in [0.2, 0.25) is 0 Å². The third-order valence-corrected chi connectivity index (χ3v) is 3.53. The van der Waals surface area contributed by atoms with E-state index in [1.165, 1.54) is 27.8 Å². The first-order valence-electron chi connectivity index (χ1n) is 6.28. The van der Waals surface area contributed by atoms with E-state index in [0.717, 1.165) is 0 Å². The number of aryl methyl sites for hydroxylation is 3. The van der Waals surface area contributed by atoms with Gasteiger partial charge in [-0.25, -0.2) is 0 Å². The van der Waals surface area contributed by atoms with Gasteiger partial charge in [0.15, 0.2) is 0 Å². The lowest BCUT2D eigenvalue weighted by molar-refractivity contribution is 0.685. The highest BCUT2D eigenvalue weighted by atomic mass is 14.9. The molecule has 0 aliphatic heterocycles. The molecule has 0 spiro atoms. The van der Waals surface area contributed by atoms with Gasteiger partial charge in [-0.05, 0) is 61.7 Å². The number of nitrogens with zero attached hydrogens (tertiary/aromatic N) is 1. The van der Waals surface area contributed by atoms with Gasteiger partial charge in [0.05, 0.1) is 6.04 Å². The van der Waals surface area contributed by atoms with Crippen LogP contribution in [-0.4, -0.2) is 12.0 Å². The number of rotatable bonds is 3. The first kappa shape index (κ1) is 12.8. The number of aromatic nitrogens is 1. The number of benzene rings is 1. The summed E-state index contributed by atoms with van der Waals surface area (Å²) >= 11 is 0. The van der Waals surface area contributed by atoms with Gasteiger partial charge in [-0.2, -0.15) is 0 Å². The molecular weight excluding hydrogens is 220 g/mol. The molecule has 94 valence electrons. The van der Waals surface area contributed by atoms with Crippen LogP contribution in [0.15, 0.2) is 36.7 Å². The number of pyridine rings is 1. The quantitative estimate of drug-likeness (QED) is 0.890. The summed E-state index contributed by atoms with van der Waals surface area (Å²) in [6.45, 7) is 6.41. The summed E-state index contributed by atoms with van der Waals surface area (Å²) in [6, 6.07) is 8.96. The lowest BCUT2D eigenvalue weighted by Gasteiger charge is -2.20. The van der Waals surface area contributed by atoms with Crippen LogP contribution in [0.1, 0.15) is 33.9 Å². The van der Waals surface area contributed by atoms with Crippen LogP contribution in [0.25, 0.3) is 0 Å². The average Bonchev–Trinajstić information content (AvgIpc) is 2.37. The Morgan fingerprint density at radius 1 is 1.00 bits per heavy atom. The van der Waals surface area contributed by atoms with Crippen molar-refractivity contribution in [3.63, 3.8) is 0 Å². The fraction of sp³-hybridized carbons (Fsp3) is 0.312. The molecule has 1 heterocycles. The monoisotopic (exact) mass is 240 g/mol. The zero-order valence-corrected chi connectivity index (χ0v) is 11.5. The largest absolute Gasteiger partial charge is 0.309 e. The molecule has 0 radical (unpaired) electrons. The van der Waals surface area contributed by atoms with Gasteiger partial charge in [-0.1, -0.05) is 18.2 Å². The predicted octanol–water partition coefficient (Wildman–Crippen LogP) is 3.32. The third-order valence-electron chi connectivity index (χ3n) is 3.53. The minimum atomic E-state index is 0.229. The molecule has 2 aromatic rings. The van der Waals surface area contributed by atoms with Crippen molar-refractivity contribution in [1.82, 2.24) is 10.3 Å². The SMILES string of the molecule is CNC(c1ccc(C)c(C)c1)c1ccncc1C. The molecular formula is C16H20N2. The first-order chi connectivity index (χ1) is 8.63. The molecule has 0 aliphatic rings. The highest BCUT2D eigenvalue weighted by Crippen LogP contribution is 2.25. The number of nitrogens with one attached hydrogen (secondary N) is 1. The van der Waals surface area contributed by atoms with Gasteiger partial charge >= 0.3 is 0 Å². The second-order valence-electron chi connectivity index (χ2n) is 4.80. The molecule has 0 aliphatic carbocycles. The van der Waals surface area contributed by atoms with E-state index < -0.39 is 0 Å². The summed E-state index contributed by atoms with van der Waals surface area (Å²) in [7, 11) is 2.00. The summed E-state index contributed by atoms with van der Waals surface area (Å²) < 4.78 is 0. The Kier molecular flexibility index (Phi) is 3.78. The molecule has 0 saturated heterocycles. The van der Waals surface area contributed by atoms with Gasteiger partial charge in [0.25, 0.3) is 0 Å². The van der Waals surface area contributed by atoms with Crippen molar-refractivity contribution in [3.8, 4) is 0 Å². The Bertz CT molecular complexity index is 547. The number of hydrogen-bond acceptors (Lipinski definition) is 2. The summed E-state index contributed by atoms with van der Waals surface area (Å²) in [4.78, 5) is 4.16. The first-order valence-corrected chi connectivity index (χ1v) is 6.28. The molecule has 1 aromatic carbocycles. The second kappa shape index (κ2) is 5.32. The lowest BCUT2D eigenvalue weighted by atomic mass is 9.94. The fourth-order valence-corrected chi connectivity index (χ4v) is 2.25. The molecule has 2 nitrogen and oxygen atoms in total. The van der Waals surface area contributed by atoms with E-state index in [-0.39, 0.29) is 6.04 Å². The van der Waals surface area contributed by atoms with Crippen LogP contribution >= 0.6 is 0 Å². The van der Waals surface area contributed by atoms with E-state index >= 15 is 0 Å². The summed E-state index contributed by atoms with van der Waals surface area (Å²) in [5.74, 6) is 0. The number of hydrogen-bond donors (Lipinski definition) is 1. The van der Waals surface area contributed by atoms with Crippen LogP contribution in [-0.2, 0) is 0 Å². The molecule has 0 bridgehead atoms. The van der Waals surface area contributed by atoms with Gasteiger partial charge in [0.1, 0.15) is 0 Å². The molecule has 18 heavy (non-hydrogen) atoms. The van der Waals surface area contributed by atoms with E-state index in [4.69, 9.17) is 0 Å². The van der Waals surface area contributed by atoms with E-state index in [1.54, 1.807) is 0 Å². The highest BCUT2D eigenvalue weighted by molar-refractivity contribution is 5.38. The Morgan fingerprint density at radius 2 is 1.78 bits per heavy atom. The van der Waals surface area contributed by atoms with Crippen molar-refractivity contribution in [2.24, 2.45) is 0 Å². The average molecular weight is 240 g/mol. The molecule has 0 fully saturated rings. The van der Waals surface area contributed by atoms with Gasteiger partial charge in [0.2, 0.25) is 0 Å². The van der Waals surface area contributed by atoms with Gasteiger partial charge in [-0.15, -0.1) is 0 Å². The van der Waals surface area contributed by atoms with Crippen LogP contribution in [0.4, 0.5) is 0 Å². The molecule has 2 heteroatoms. The predicted molar refractivity (Wildman–Crippen MR) is 75.8 cm³/mol. The Balaban J connectivity index is 2.45. The van der Waals surface area contributed by atoms with Crippen molar-refractivity contribution >= 4 is 0 Å². The smallest absolute Gasteiger partial charge is 0.0578 e. The summed E-state index contributed by atoms with van der Waals surface area (Å²) in [5, 5.41) is 3.39. The van der Waals surface area contributed by atoms with Crippen LogP contribution < -0.4 is 5.32 Å². The minimum absolute atomic E-state index is 0.229. The van der Waals surface area contributed by atoms with Gasteiger partial charge in [0, 0.05) is 12.4 Å². The molecule has 1 N–H and O–H groups in total. The van der Waals surface area contributed by atoms with Crippen molar-refractivity contribution < 1.29 is 0 Å². The molecule has 1 aromatic heterocycles. The molecule has 1 unspecified atom stereocenters. The topological polar surface area (TPSA) is 24.9 Å². The minimum Gasteiger partial charge on any atom is -0.309 e. The maximum Gasteiger partial charge on any atom is 0.0578 e. The molecule has 2 rings (SSSR count). The summed E-state index contributed by atoms with van der Waals surface area (Å²) in [5.41, 5.74) is 6.47. The lowest BCUT2D eigenvalue weighted by Crippen LogP contribution is -2.19. The van der Waals surface area contributed by atoms with E-state index in [2.05, 4.69) is 55.3 Å². The van der Waals surface area contributed by atoms with E-state index in [1.807, 2.05) is 19.4 Å². The van der Waals surface area contributed by atoms with E-state index in [9.17, 15) is 0 Å². The van der Waals surface area contributed by atoms with Crippen LogP contribution in [0.5, 0.6) is 0 Å². The maximum atomic E-state index is 4.16. The zero-order valence-electron chi connectivity index (χ0n) is 11.5. The normalized spacial score (nSPS) is 12.4. The second-order valence-corrected chi connectivity index (χ2v) is 4.80. The molecule has 0 amide bonds. The Labute approximate surface area is 109 Å². The summed E-state index contributed by atoms with van der Waals surface area (Å²) in [6.07, 6.45) is 3.77. The zero-order chi connectivity index (χ0) is 13.1. The Hall–Kier alpha value is -1.67. The maximum absolute atomic E-state index is 4.16. The fourth-order valence-electron chi connectivity index (χ4n) is 2.25. The standard InChI is InChI=1S/C16H20N2/c1-11-5-6-14(9-12(11)2)16(17-4)15-7-8-18-10-13(15)3/h5-10,16-17H,1-4H3. The van der Waals surface area contributed by atoms with Crippen molar-refractivity contribution in [1.29, 1.82) is 0 Å². The van der Waals surface area contributed by atoms with Crippen molar-refractivity contribution in [3.05, 3.63) is 64.5 Å². The molecule has 1 atom stereocenters. The highest BCUT2D eigenvalue weighted by Gasteiger charge is 2.14. The van der Waals surface area contributed by atoms with Gasteiger partial charge < -0.3 is 5.32 Å². The molecule has 0 saturated carbocycles. The van der Waals surface area contributed by atoms with Crippen molar-refractivity contribution in [2.45, 2.75) is 26.8 Å². The Morgan fingerprint density at radius 3 is 2.39 bits per heavy atom. The van der Waals surface area contributed by atoms with E-state index in [0.29, 0.717) is 0 Å². The van der Waals surface area contributed by atoms with Crippen LogP contribution in [0, 0.1) is 20.8 Å². The van der Waals surface area contributed by atoms with Crippen LogP contribution in [0.3, 0.4) is 0 Å².